The molecule has 3 heterocycles. The van der Waals surface area contributed by atoms with Crippen molar-refractivity contribution in [2.24, 2.45) is 5.92 Å². The van der Waals surface area contributed by atoms with Crippen LogP contribution in [0.1, 0.15) is 22.8 Å². The second kappa shape index (κ2) is 6.16. The lowest BCUT2D eigenvalue weighted by Gasteiger charge is -2.23. The number of sulfonamides is 1. The average molecular weight is 379 g/mol. The van der Waals surface area contributed by atoms with Gasteiger partial charge in [-0.25, -0.2) is 18.1 Å². The van der Waals surface area contributed by atoms with Crippen LogP contribution in [0.2, 0.25) is 0 Å². The first-order chi connectivity index (χ1) is 11.1. The highest BCUT2D eigenvalue weighted by molar-refractivity contribution is 7.91. The van der Waals surface area contributed by atoms with E-state index in [1.807, 2.05) is 6.92 Å². The molecule has 0 amide bonds. The molecule has 0 unspecified atom stereocenters. The first-order valence-electron chi connectivity index (χ1n) is 7.34. The summed E-state index contributed by atoms with van der Waals surface area (Å²) in [4.78, 5) is 4.52. The number of aryl methyl sites for hydroxylation is 2. The fraction of sp³-hybridized carbons (Fsp3) is 0.500. The molecule has 0 aromatic carbocycles. The highest BCUT2D eigenvalue weighted by Gasteiger charge is 2.35. The van der Waals surface area contributed by atoms with Gasteiger partial charge >= 0.3 is 6.18 Å². The van der Waals surface area contributed by atoms with Gasteiger partial charge in [-0.3, -0.25) is 0 Å². The lowest BCUT2D eigenvalue weighted by atomic mass is 10.00. The van der Waals surface area contributed by atoms with Gasteiger partial charge in [-0.05, 0) is 31.4 Å². The zero-order valence-electron chi connectivity index (χ0n) is 12.8. The van der Waals surface area contributed by atoms with Crippen LogP contribution < -0.4 is 4.72 Å². The SMILES string of the molecule is Cc1ccc(S(=O)(=O)NC[C@@H]2CCc3nc(C(F)(F)F)cn3C2)s1. The van der Waals surface area contributed by atoms with Gasteiger partial charge in [0.15, 0.2) is 5.69 Å². The third-order valence-corrected chi connectivity index (χ3v) is 6.84. The Bertz CT molecular complexity index is 840. The first-order valence-corrected chi connectivity index (χ1v) is 9.64. The molecule has 24 heavy (non-hydrogen) atoms. The van der Waals surface area contributed by atoms with Crippen LogP contribution in [0.15, 0.2) is 22.5 Å². The molecule has 0 aliphatic carbocycles. The van der Waals surface area contributed by atoms with Crippen molar-refractivity contribution in [1.29, 1.82) is 0 Å². The van der Waals surface area contributed by atoms with Crippen LogP contribution in [0.3, 0.4) is 0 Å². The minimum Gasteiger partial charge on any atom is -0.334 e. The zero-order chi connectivity index (χ0) is 17.5. The number of hydrogen-bond acceptors (Lipinski definition) is 4. The molecule has 10 heteroatoms. The van der Waals surface area contributed by atoms with Gasteiger partial charge < -0.3 is 4.57 Å². The van der Waals surface area contributed by atoms with E-state index in [0.29, 0.717) is 25.2 Å². The highest BCUT2D eigenvalue weighted by Crippen LogP contribution is 2.30. The molecule has 0 saturated heterocycles. The number of nitrogens with one attached hydrogen (secondary N) is 1. The van der Waals surface area contributed by atoms with E-state index >= 15 is 0 Å². The quantitative estimate of drug-likeness (QED) is 0.889. The molecule has 0 saturated carbocycles. The largest absolute Gasteiger partial charge is 0.434 e. The molecule has 1 N–H and O–H groups in total. The third kappa shape index (κ3) is 3.65. The van der Waals surface area contributed by atoms with Crippen molar-refractivity contribution in [2.45, 2.75) is 36.7 Å². The van der Waals surface area contributed by atoms with Crippen LogP contribution >= 0.6 is 11.3 Å². The molecule has 0 spiro atoms. The summed E-state index contributed by atoms with van der Waals surface area (Å²) in [5.74, 6) is 0.332. The molecular weight excluding hydrogens is 363 g/mol. The zero-order valence-corrected chi connectivity index (χ0v) is 14.4. The molecule has 1 aliphatic heterocycles. The maximum absolute atomic E-state index is 12.7. The number of aromatic nitrogens is 2. The van der Waals surface area contributed by atoms with Crippen molar-refractivity contribution < 1.29 is 21.6 Å². The van der Waals surface area contributed by atoms with Gasteiger partial charge in [0.2, 0.25) is 10.0 Å². The second-order valence-corrected chi connectivity index (χ2v) is 9.10. The number of imidazole rings is 1. The topological polar surface area (TPSA) is 64.0 Å². The van der Waals surface area contributed by atoms with Crippen LogP contribution in [0, 0.1) is 12.8 Å². The Morgan fingerprint density at radius 3 is 2.79 bits per heavy atom. The molecule has 2 aromatic rings. The smallest absolute Gasteiger partial charge is 0.334 e. The summed E-state index contributed by atoms with van der Waals surface area (Å²) in [5.41, 5.74) is -0.896. The van der Waals surface area contributed by atoms with Crippen molar-refractivity contribution in [1.82, 2.24) is 14.3 Å². The molecule has 5 nitrogen and oxygen atoms in total. The van der Waals surface area contributed by atoms with Gasteiger partial charge in [0.1, 0.15) is 10.0 Å². The maximum Gasteiger partial charge on any atom is 0.434 e. The summed E-state index contributed by atoms with van der Waals surface area (Å²) in [6.07, 6.45) is -2.46. The fourth-order valence-electron chi connectivity index (χ4n) is 2.67. The number of thiophene rings is 1. The standard InChI is InChI=1S/C14H16F3N3O2S2/c1-9-2-5-13(23-9)24(21,22)18-6-10-3-4-12-19-11(14(15,16)17)8-20(12)7-10/h2,5,8,10,18H,3-4,6-7H2,1H3/t10-/m0/s1. The number of hydrogen-bond donors (Lipinski definition) is 1. The maximum atomic E-state index is 12.7. The number of halogens is 3. The normalized spacial score (nSPS) is 18.6. The van der Waals surface area contributed by atoms with E-state index in [0.717, 1.165) is 11.1 Å². The van der Waals surface area contributed by atoms with E-state index < -0.39 is 21.9 Å². The first kappa shape index (κ1) is 17.4. The lowest BCUT2D eigenvalue weighted by Crippen LogP contribution is -2.33. The molecular formula is C14H16F3N3O2S2. The summed E-state index contributed by atoms with van der Waals surface area (Å²) >= 11 is 1.19. The van der Waals surface area contributed by atoms with E-state index in [1.54, 1.807) is 12.1 Å². The van der Waals surface area contributed by atoms with Gasteiger partial charge in [0.25, 0.3) is 0 Å². The van der Waals surface area contributed by atoms with Crippen LogP contribution in [0.4, 0.5) is 13.2 Å². The van der Waals surface area contributed by atoms with E-state index in [4.69, 9.17) is 0 Å². The Hall–Kier alpha value is -1.39. The molecule has 1 aliphatic rings. The van der Waals surface area contributed by atoms with E-state index in [9.17, 15) is 21.6 Å². The number of nitrogens with zero attached hydrogens (tertiary/aromatic N) is 2. The molecule has 2 aromatic heterocycles. The Kier molecular flexibility index (Phi) is 4.47. The molecule has 3 rings (SSSR count). The Labute approximate surface area is 141 Å². The van der Waals surface area contributed by atoms with Crippen molar-refractivity contribution in [2.75, 3.05) is 6.54 Å². The van der Waals surface area contributed by atoms with E-state index in [1.165, 1.54) is 15.9 Å². The van der Waals surface area contributed by atoms with Gasteiger partial charge in [-0.2, -0.15) is 13.2 Å². The van der Waals surface area contributed by atoms with Crippen LogP contribution in [0.5, 0.6) is 0 Å². The molecule has 0 radical (unpaired) electrons. The summed E-state index contributed by atoms with van der Waals surface area (Å²) in [5, 5.41) is 0. The summed E-state index contributed by atoms with van der Waals surface area (Å²) in [6.45, 7) is 2.34. The minimum atomic E-state index is -4.46. The monoisotopic (exact) mass is 379 g/mol. The van der Waals surface area contributed by atoms with Crippen molar-refractivity contribution >= 4 is 21.4 Å². The van der Waals surface area contributed by atoms with E-state index in [-0.39, 0.29) is 16.7 Å². The Balaban J connectivity index is 1.65. The number of rotatable bonds is 4. The fourth-order valence-corrected chi connectivity index (χ4v) is 5.12. The summed E-state index contributed by atoms with van der Waals surface area (Å²) in [7, 11) is -3.57. The number of alkyl halides is 3. The predicted molar refractivity (Wildman–Crippen MR) is 83.3 cm³/mol. The van der Waals surface area contributed by atoms with Gasteiger partial charge in [0, 0.05) is 30.6 Å². The van der Waals surface area contributed by atoms with Crippen LogP contribution in [-0.2, 0) is 29.2 Å². The highest BCUT2D eigenvalue weighted by atomic mass is 32.2. The van der Waals surface area contributed by atoms with Crippen LogP contribution in [0.25, 0.3) is 0 Å². The average Bonchev–Trinajstić information content (AvgIpc) is 3.10. The van der Waals surface area contributed by atoms with Crippen LogP contribution in [-0.4, -0.2) is 24.5 Å². The predicted octanol–water partition coefficient (Wildman–Crippen LogP) is 2.81. The van der Waals surface area contributed by atoms with Gasteiger partial charge in [-0.1, -0.05) is 0 Å². The molecule has 1 atom stereocenters. The summed E-state index contributed by atoms with van der Waals surface area (Å²) < 4.78 is 66.8. The van der Waals surface area contributed by atoms with Gasteiger partial charge in [0.05, 0.1) is 0 Å². The van der Waals surface area contributed by atoms with E-state index in [2.05, 4.69) is 9.71 Å². The van der Waals surface area contributed by atoms with Crippen molar-refractivity contribution in [3.63, 3.8) is 0 Å². The Morgan fingerprint density at radius 2 is 2.17 bits per heavy atom. The number of fused-ring (bicyclic) bond motifs is 1. The molecule has 132 valence electrons. The lowest BCUT2D eigenvalue weighted by molar-refractivity contribution is -0.141. The molecule has 0 fully saturated rings. The minimum absolute atomic E-state index is 0.0661. The van der Waals surface area contributed by atoms with Crippen molar-refractivity contribution in [3.8, 4) is 0 Å². The van der Waals surface area contributed by atoms with Crippen molar-refractivity contribution in [3.05, 3.63) is 34.7 Å². The Morgan fingerprint density at radius 1 is 1.42 bits per heavy atom. The second-order valence-electron chi connectivity index (χ2n) is 5.81. The third-order valence-electron chi connectivity index (χ3n) is 3.92. The van der Waals surface area contributed by atoms with Gasteiger partial charge in [-0.15, -0.1) is 11.3 Å². The summed E-state index contributed by atoms with van der Waals surface area (Å²) in [6, 6.07) is 3.28. The molecule has 0 bridgehead atoms.